The molecule has 0 saturated carbocycles. The first kappa shape index (κ1) is 17.7. The summed E-state index contributed by atoms with van der Waals surface area (Å²) in [5.74, 6) is 0.0877. The molecule has 0 bridgehead atoms. The first-order valence-electron chi connectivity index (χ1n) is 7.73. The molecule has 1 rings (SSSR count). The average Bonchev–Trinajstić information content (AvgIpc) is 2.49. The van der Waals surface area contributed by atoms with E-state index in [9.17, 15) is 4.79 Å². The number of hydrogen-bond donors (Lipinski definition) is 2. The summed E-state index contributed by atoms with van der Waals surface area (Å²) in [5.41, 5.74) is 2.61. The molecule has 4 heteroatoms. The van der Waals surface area contributed by atoms with Gasteiger partial charge in [0.2, 0.25) is 5.91 Å². The third-order valence-corrected chi connectivity index (χ3v) is 3.26. The molecule has 0 aromatic heterocycles. The molecule has 0 unspecified atom stereocenters. The second kappa shape index (κ2) is 11.3. The first-order chi connectivity index (χ1) is 10.2. The van der Waals surface area contributed by atoms with Gasteiger partial charge in [0.1, 0.15) is 0 Å². The number of aliphatic hydroxyl groups excluding tert-OH is 1. The normalized spacial score (nSPS) is 10.6. The standard InChI is InChI=1S/C17H27NO3/c1-15-7-9-16(10-8-15)5-2-3-6-17(20)18-11-14-21-13-4-12-19/h7-10,19H,2-6,11-14H2,1H3,(H,18,20). The molecule has 0 saturated heterocycles. The van der Waals surface area contributed by atoms with Gasteiger partial charge < -0.3 is 15.2 Å². The number of aryl methyl sites for hydroxylation is 2. The van der Waals surface area contributed by atoms with Crippen LogP contribution in [0.5, 0.6) is 0 Å². The van der Waals surface area contributed by atoms with Crippen LogP contribution in [0, 0.1) is 6.92 Å². The Labute approximate surface area is 127 Å². The van der Waals surface area contributed by atoms with Gasteiger partial charge >= 0.3 is 0 Å². The fourth-order valence-electron chi connectivity index (χ4n) is 1.99. The fraction of sp³-hybridized carbons (Fsp3) is 0.588. The number of unbranched alkanes of at least 4 members (excludes halogenated alkanes) is 1. The lowest BCUT2D eigenvalue weighted by Gasteiger charge is -2.06. The number of rotatable bonds is 11. The van der Waals surface area contributed by atoms with Crippen LogP contribution in [0.15, 0.2) is 24.3 Å². The van der Waals surface area contributed by atoms with Gasteiger partial charge in [-0.25, -0.2) is 0 Å². The van der Waals surface area contributed by atoms with E-state index in [2.05, 4.69) is 36.5 Å². The van der Waals surface area contributed by atoms with Crippen molar-refractivity contribution in [2.24, 2.45) is 0 Å². The van der Waals surface area contributed by atoms with Crippen molar-refractivity contribution < 1.29 is 14.6 Å². The second-order valence-electron chi connectivity index (χ2n) is 5.23. The quantitative estimate of drug-likeness (QED) is 0.615. The van der Waals surface area contributed by atoms with Crippen LogP contribution in [-0.4, -0.2) is 37.4 Å². The van der Waals surface area contributed by atoms with Crippen LogP contribution < -0.4 is 5.32 Å². The number of aliphatic hydroxyl groups is 1. The summed E-state index contributed by atoms with van der Waals surface area (Å²) < 4.78 is 5.24. The number of amides is 1. The largest absolute Gasteiger partial charge is 0.396 e. The molecule has 21 heavy (non-hydrogen) atoms. The zero-order valence-corrected chi connectivity index (χ0v) is 12.9. The number of nitrogens with one attached hydrogen (secondary N) is 1. The Morgan fingerprint density at radius 1 is 1.14 bits per heavy atom. The number of carbonyl (C=O) groups is 1. The van der Waals surface area contributed by atoms with Crippen LogP contribution in [0.4, 0.5) is 0 Å². The van der Waals surface area contributed by atoms with Crippen LogP contribution in [0.25, 0.3) is 0 Å². The molecule has 118 valence electrons. The molecule has 2 N–H and O–H groups in total. The van der Waals surface area contributed by atoms with Gasteiger partial charge in [0.25, 0.3) is 0 Å². The lowest BCUT2D eigenvalue weighted by molar-refractivity contribution is -0.121. The Balaban J connectivity index is 1.97. The van der Waals surface area contributed by atoms with Crippen molar-refractivity contribution in [2.45, 2.75) is 39.0 Å². The summed E-state index contributed by atoms with van der Waals surface area (Å²) >= 11 is 0. The maximum atomic E-state index is 11.6. The lowest BCUT2D eigenvalue weighted by atomic mass is 10.1. The van der Waals surface area contributed by atoms with Gasteiger partial charge in [0.15, 0.2) is 0 Å². The second-order valence-corrected chi connectivity index (χ2v) is 5.23. The van der Waals surface area contributed by atoms with E-state index in [4.69, 9.17) is 9.84 Å². The van der Waals surface area contributed by atoms with Gasteiger partial charge in [-0.3, -0.25) is 4.79 Å². The maximum absolute atomic E-state index is 11.6. The number of carbonyl (C=O) groups excluding carboxylic acids is 1. The van der Waals surface area contributed by atoms with Gasteiger partial charge in [0.05, 0.1) is 6.61 Å². The molecule has 0 aliphatic carbocycles. The zero-order chi connectivity index (χ0) is 15.3. The van der Waals surface area contributed by atoms with E-state index in [0.717, 1.165) is 19.3 Å². The summed E-state index contributed by atoms with van der Waals surface area (Å²) in [6.07, 6.45) is 4.18. The van der Waals surface area contributed by atoms with Crippen molar-refractivity contribution in [3.63, 3.8) is 0 Å². The zero-order valence-electron chi connectivity index (χ0n) is 12.9. The van der Waals surface area contributed by atoms with E-state index in [1.807, 2.05) is 0 Å². The third-order valence-electron chi connectivity index (χ3n) is 3.26. The summed E-state index contributed by atoms with van der Waals surface area (Å²) in [7, 11) is 0. The van der Waals surface area contributed by atoms with Crippen molar-refractivity contribution >= 4 is 5.91 Å². The van der Waals surface area contributed by atoms with Crippen molar-refractivity contribution in [3.05, 3.63) is 35.4 Å². The topological polar surface area (TPSA) is 58.6 Å². The van der Waals surface area contributed by atoms with Crippen LogP contribution in [0.1, 0.15) is 36.8 Å². The van der Waals surface area contributed by atoms with Crippen LogP contribution in [-0.2, 0) is 16.0 Å². The van der Waals surface area contributed by atoms with Gasteiger partial charge in [-0.1, -0.05) is 29.8 Å². The van der Waals surface area contributed by atoms with Crippen LogP contribution in [0.2, 0.25) is 0 Å². The van der Waals surface area contributed by atoms with Crippen LogP contribution in [0.3, 0.4) is 0 Å². The monoisotopic (exact) mass is 293 g/mol. The fourth-order valence-corrected chi connectivity index (χ4v) is 1.99. The average molecular weight is 293 g/mol. The summed E-state index contributed by atoms with van der Waals surface area (Å²) in [6.45, 7) is 3.83. The molecule has 0 aliphatic rings. The molecule has 4 nitrogen and oxygen atoms in total. The Morgan fingerprint density at radius 3 is 2.62 bits per heavy atom. The van der Waals surface area contributed by atoms with Gasteiger partial charge in [-0.15, -0.1) is 0 Å². The molecule has 1 amide bonds. The van der Waals surface area contributed by atoms with E-state index >= 15 is 0 Å². The highest BCUT2D eigenvalue weighted by atomic mass is 16.5. The van der Waals surface area contributed by atoms with Crippen molar-refractivity contribution in [3.8, 4) is 0 Å². The molecule has 0 fully saturated rings. The molecule has 0 atom stereocenters. The number of benzene rings is 1. The Kier molecular flexibility index (Phi) is 9.49. The minimum atomic E-state index is 0.0877. The minimum Gasteiger partial charge on any atom is -0.396 e. The third kappa shape index (κ3) is 9.21. The van der Waals surface area contributed by atoms with Gasteiger partial charge in [-0.05, 0) is 38.2 Å². The van der Waals surface area contributed by atoms with Crippen molar-refractivity contribution in [2.75, 3.05) is 26.4 Å². The van der Waals surface area contributed by atoms with Crippen molar-refractivity contribution in [1.29, 1.82) is 0 Å². The molecular weight excluding hydrogens is 266 g/mol. The molecule has 0 aliphatic heterocycles. The SMILES string of the molecule is Cc1ccc(CCCCC(=O)NCCOCCCO)cc1. The smallest absolute Gasteiger partial charge is 0.220 e. The highest BCUT2D eigenvalue weighted by Crippen LogP contribution is 2.08. The highest BCUT2D eigenvalue weighted by molar-refractivity contribution is 5.75. The Hall–Kier alpha value is -1.39. The number of ether oxygens (including phenoxy) is 1. The summed E-state index contributed by atoms with van der Waals surface area (Å²) in [6, 6.07) is 8.55. The molecule has 0 heterocycles. The van der Waals surface area contributed by atoms with E-state index in [1.54, 1.807) is 0 Å². The van der Waals surface area contributed by atoms with E-state index in [-0.39, 0.29) is 12.5 Å². The van der Waals surface area contributed by atoms with Gasteiger partial charge in [0, 0.05) is 26.2 Å². The maximum Gasteiger partial charge on any atom is 0.220 e. The lowest BCUT2D eigenvalue weighted by Crippen LogP contribution is -2.27. The highest BCUT2D eigenvalue weighted by Gasteiger charge is 2.01. The molecular formula is C17H27NO3. The molecule has 1 aromatic carbocycles. The molecule has 0 radical (unpaired) electrons. The summed E-state index contributed by atoms with van der Waals surface area (Å²) in [5, 5.41) is 11.4. The predicted octanol–water partition coefficient (Wildman–Crippen LogP) is 2.22. The Morgan fingerprint density at radius 2 is 1.90 bits per heavy atom. The van der Waals surface area contributed by atoms with Gasteiger partial charge in [-0.2, -0.15) is 0 Å². The van der Waals surface area contributed by atoms with E-state index < -0.39 is 0 Å². The first-order valence-corrected chi connectivity index (χ1v) is 7.73. The van der Waals surface area contributed by atoms with Crippen molar-refractivity contribution in [1.82, 2.24) is 5.32 Å². The predicted molar refractivity (Wildman–Crippen MR) is 84.3 cm³/mol. The number of hydrogen-bond acceptors (Lipinski definition) is 3. The minimum absolute atomic E-state index is 0.0877. The summed E-state index contributed by atoms with van der Waals surface area (Å²) in [4.78, 5) is 11.6. The molecule has 1 aromatic rings. The Bertz CT molecular complexity index is 390. The van der Waals surface area contributed by atoms with E-state index in [0.29, 0.717) is 32.6 Å². The van der Waals surface area contributed by atoms with Crippen LogP contribution >= 0.6 is 0 Å². The molecule has 0 spiro atoms. The van der Waals surface area contributed by atoms with E-state index in [1.165, 1.54) is 11.1 Å².